The summed E-state index contributed by atoms with van der Waals surface area (Å²) in [6.45, 7) is 1.27. The van der Waals surface area contributed by atoms with Gasteiger partial charge in [-0.3, -0.25) is 0 Å². The van der Waals surface area contributed by atoms with E-state index >= 15 is 0 Å². The SMILES string of the molecule is CN(C)CCOc1cc(F)ccc1N. The van der Waals surface area contributed by atoms with Crippen LogP contribution >= 0.6 is 0 Å². The Morgan fingerprint density at radius 3 is 2.79 bits per heavy atom. The molecule has 0 unspecified atom stereocenters. The number of benzene rings is 1. The van der Waals surface area contributed by atoms with E-state index in [0.717, 1.165) is 6.54 Å². The molecule has 0 aromatic heterocycles. The highest BCUT2D eigenvalue weighted by Gasteiger charge is 2.01. The fraction of sp³-hybridized carbons (Fsp3) is 0.400. The maximum absolute atomic E-state index is 12.8. The summed E-state index contributed by atoms with van der Waals surface area (Å²) in [5, 5.41) is 0. The topological polar surface area (TPSA) is 38.5 Å². The zero-order valence-corrected chi connectivity index (χ0v) is 8.46. The Kier molecular flexibility index (Phi) is 3.71. The van der Waals surface area contributed by atoms with Crippen LogP contribution in [0.5, 0.6) is 5.75 Å². The van der Waals surface area contributed by atoms with Crippen molar-refractivity contribution < 1.29 is 9.13 Å². The van der Waals surface area contributed by atoms with Crippen molar-refractivity contribution in [3.63, 3.8) is 0 Å². The largest absolute Gasteiger partial charge is 0.490 e. The minimum atomic E-state index is -0.334. The van der Waals surface area contributed by atoms with Gasteiger partial charge < -0.3 is 15.4 Å². The highest BCUT2D eigenvalue weighted by molar-refractivity contribution is 5.52. The van der Waals surface area contributed by atoms with Crippen LogP contribution in [-0.2, 0) is 0 Å². The van der Waals surface area contributed by atoms with E-state index in [9.17, 15) is 4.39 Å². The van der Waals surface area contributed by atoms with Gasteiger partial charge in [-0.1, -0.05) is 0 Å². The lowest BCUT2D eigenvalue weighted by atomic mass is 10.3. The number of nitrogens with two attached hydrogens (primary N) is 1. The number of nitrogens with zero attached hydrogens (tertiary/aromatic N) is 1. The molecule has 0 aliphatic rings. The molecule has 0 amide bonds. The lowest BCUT2D eigenvalue weighted by Crippen LogP contribution is -2.19. The monoisotopic (exact) mass is 198 g/mol. The van der Waals surface area contributed by atoms with Gasteiger partial charge in [0.05, 0.1) is 5.69 Å². The average molecular weight is 198 g/mol. The molecule has 78 valence electrons. The van der Waals surface area contributed by atoms with Crippen molar-refractivity contribution in [3.8, 4) is 5.75 Å². The number of nitrogen functional groups attached to an aromatic ring is 1. The van der Waals surface area contributed by atoms with Gasteiger partial charge in [0.25, 0.3) is 0 Å². The van der Waals surface area contributed by atoms with Crippen LogP contribution in [0.25, 0.3) is 0 Å². The molecule has 0 saturated heterocycles. The van der Waals surface area contributed by atoms with Crippen molar-refractivity contribution in [2.75, 3.05) is 33.0 Å². The molecule has 1 aromatic carbocycles. The fourth-order valence-corrected chi connectivity index (χ4v) is 0.971. The van der Waals surface area contributed by atoms with E-state index in [4.69, 9.17) is 10.5 Å². The first-order valence-electron chi connectivity index (χ1n) is 4.42. The Bertz CT molecular complexity index is 302. The molecule has 0 spiro atoms. The van der Waals surface area contributed by atoms with Crippen LogP contribution in [0.15, 0.2) is 18.2 Å². The molecular formula is C10H15FN2O. The van der Waals surface area contributed by atoms with Crippen molar-refractivity contribution >= 4 is 5.69 Å². The number of ether oxygens (including phenoxy) is 1. The Labute approximate surface area is 83.3 Å². The van der Waals surface area contributed by atoms with Crippen LogP contribution in [0.1, 0.15) is 0 Å². The quantitative estimate of drug-likeness (QED) is 0.742. The summed E-state index contributed by atoms with van der Waals surface area (Å²) in [6.07, 6.45) is 0. The Morgan fingerprint density at radius 2 is 2.14 bits per heavy atom. The van der Waals surface area contributed by atoms with Gasteiger partial charge in [-0.05, 0) is 26.2 Å². The second kappa shape index (κ2) is 4.81. The van der Waals surface area contributed by atoms with Gasteiger partial charge in [0.15, 0.2) is 0 Å². The van der Waals surface area contributed by atoms with Gasteiger partial charge in [-0.15, -0.1) is 0 Å². The van der Waals surface area contributed by atoms with Gasteiger partial charge in [-0.2, -0.15) is 0 Å². The second-order valence-electron chi connectivity index (χ2n) is 3.33. The molecular weight excluding hydrogens is 183 g/mol. The Balaban J connectivity index is 2.53. The number of hydrogen-bond donors (Lipinski definition) is 1. The third kappa shape index (κ3) is 3.22. The van der Waals surface area contributed by atoms with Crippen LogP contribution < -0.4 is 10.5 Å². The molecule has 14 heavy (non-hydrogen) atoms. The van der Waals surface area contributed by atoms with Crippen LogP contribution in [0.2, 0.25) is 0 Å². The minimum Gasteiger partial charge on any atom is -0.490 e. The van der Waals surface area contributed by atoms with E-state index in [1.165, 1.54) is 18.2 Å². The maximum Gasteiger partial charge on any atom is 0.145 e. The van der Waals surface area contributed by atoms with Crippen molar-refractivity contribution in [2.45, 2.75) is 0 Å². The summed E-state index contributed by atoms with van der Waals surface area (Å²) in [5.74, 6) is 0.0749. The molecule has 3 nitrogen and oxygen atoms in total. The molecule has 0 atom stereocenters. The van der Waals surface area contributed by atoms with Crippen molar-refractivity contribution in [1.29, 1.82) is 0 Å². The van der Waals surface area contributed by atoms with E-state index in [1.54, 1.807) is 0 Å². The minimum absolute atomic E-state index is 0.334. The highest BCUT2D eigenvalue weighted by atomic mass is 19.1. The zero-order chi connectivity index (χ0) is 10.6. The molecule has 0 heterocycles. The molecule has 0 radical (unpaired) electrons. The van der Waals surface area contributed by atoms with Gasteiger partial charge >= 0.3 is 0 Å². The first-order valence-corrected chi connectivity index (χ1v) is 4.42. The maximum atomic E-state index is 12.8. The zero-order valence-electron chi connectivity index (χ0n) is 8.46. The van der Waals surface area contributed by atoms with E-state index in [0.29, 0.717) is 18.0 Å². The van der Waals surface area contributed by atoms with E-state index < -0.39 is 0 Å². The smallest absolute Gasteiger partial charge is 0.145 e. The molecule has 0 aliphatic carbocycles. The van der Waals surface area contributed by atoms with E-state index in [-0.39, 0.29) is 5.82 Å². The van der Waals surface area contributed by atoms with Crippen LogP contribution in [0.4, 0.5) is 10.1 Å². The molecule has 1 rings (SSSR count). The molecule has 1 aromatic rings. The number of hydrogen-bond acceptors (Lipinski definition) is 3. The Hall–Kier alpha value is -1.29. The lowest BCUT2D eigenvalue weighted by Gasteiger charge is -2.12. The number of likely N-dealkylation sites (N-methyl/N-ethyl adjacent to an activating group) is 1. The predicted octanol–water partition coefficient (Wildman–Crippen LogP) is 1.35. The van der Waals surface area contributed by atoms with Gasteiger partial charge in [0, 0.05) is 12.6 Å². The average Bonchev–Trinajstić information content (AvgIpc) is 2.10. The first-order chi connectivity index (χ1) is 6.59. The summed E-state index contributed by atoms with van der Waals surface area (Å²) in [4.78, 5) is 1.98. The van der Waals surface area contributed by atoms with Crippen LogP contribution in [0, 0.1) is 5.82 Å². The third-order valence-corrected chi connectivity index (χ3v) is 1.77. The van der Waals surface area contributed by atoms with Crippen molar-refractivity contribution in [3.05, 3.63) is 24.0 Å². The normalized spacial score (nSPS) is 10.6. The summed E-state index contributed by atoms with van der Waals surface area (Å²) in [6, 6.07) is 4.11. The lowest BCUT2D eigenvalue weighted by molar-refractivity contribution is 0.261. The first kappa shape index (κ1) is 10.8. The summed E-state index contributed by atoms with van der Waals surface area (Å²) < 4.78 is 18.1. The molecule has 0 fully saturated rings. The molecule has 4 heteroatoms. The van der Waals surface area contributed by atoms with Crippen LogP contribution in [-0.4, -0.2) is 32.1 Å². The standard InChI is InChI=1S/C10H15FN2O/c1-13(2)5-6-14-10-7-8(11)3-4-9(10)12/h3-4,7H,5-6,12H2,1-2H3. The van der Waals surface area contributed by atoms with Crippen LogP contribution in [0.3, 0.4) is 0 Å². The molecule has 0 bridgehead atoms. The molecule has 2 N–H and O–H groups in total. The number of halogens is 1. The Morgan fingerprint density at radius 1 is 1.43 bits per heavy atom. The van der Waals surface area contributed by atoms with E-state index in [1.807, 2.05) is 19.0 Å². The molecule has 0 aliphatic heterocycles. The summed E-state index contributed by atoms with van der Waals surface area (Å²) in [7, 11) is 3.89. The van der Waals surface area contributed by atoms with E-state index in [2.05, 4.69) is 0 Å². The van der Waals surface area contributed by atoms with Crippen molar-refractivity contribution in [1.82, 2.24) is 4.90 Å². The molecule has 0 saturated carbocycles. The number of anilines is 1. The third-order valence-electron chi connectivity index (χ3n) is 1.77. The second-order valence-corrected chi connectivity index (χ2v) is 3.33. The van der Waals surface area contributed by atoms with Crippen molar-refractivity contribution in [2.24, 2.45) is 0 Å². The van der Waals surface area contributed by atoms with Gasteiger partial charge in [0.2, 0.25) is 0 Å². The highest BCUT2D eigenvalue weighted by Crippen LogP contribution is 2.21. The fourth-order valence-electron chi connectivity index (χ4n) is 0.971. The summed E-state index contributed by atoms with van der Waals surface area (Å²) in [5.41, 5.74) is 6.06. The van der Waals surface area contributed by atoms with Gasteiger partial charge in [-0.25, -0.2) is 4.39 Å². The number of rotatable bonds is 4. The summed E-state index contributed by atoms with van der Waals surface area (Å²) >= 11 is 0. The van der Waals surface area contributed by atoms with Gasteiger partial charge in [0.1, 0.15) is 18.2 Å². The predicted molar refractivity (Wildman–Crippen MR) is 54.9 cm³/mol.